The lowest BCUT2D eigenvalue weighted by Gasteiger charge is -2.25. The second-order valence-corrected chi connectivity index (χ2v) is 7.09. The normalized spacial score (nSPS) is 18.5. The van der Waals surface area contributed by atoms with Gasteiger partial charge in [0.05, 0.1) is 0 Å². The first kappa shape index (κ1) is 16.2. The molecule has 0 radical (unpaired) electrons. The molecule has 0 atom stereocenters. The van der Waals surface area contributed by atoms with Gasteiger partial charge < -0.3 is 14.7 Å². The molecular formula is C20H27N5. The van der Waals surface area contributed by atoms with Crippen molar-refractivity contribution in [3.63, 3.8) is 0 Å². The maximum absolute atomic E-state index is 4.56. The van der Waals surface area contributed by atoms with Crippen LogP contribution in [0.25, 0.3) is 0 Å². The lowest BCUT2D eigenvalue weighted by molar-refractivity contribution is 0.793. The van der Waals surface area contributed by atoms with Crippen molar-refractivity contribution in [2.24, 2.45) is 0 Å². The minimum atomic E-state index is 1.00. The Morgan fingerprint density at radius 1 is 0.680 bits per heavy atom. The van der Waals surface area contributed by atoms with Crippen LogP contribution in [0.15, 0.2) is 36.7 Å². The Labute approximate surface area is 150 Å². The van der Waals surface area contributed by atoms with Gasteiger partial charge in [-0.1, -0.05) is 17.7 Å². The van der Waals surface area contributed by atoms with E-state index in [0.29, 0.717) is 0 Å². The summed E-state index contributed by atoms with van der Waals surface area (Å²) in [5.41, 5.74) is 2.64. The number of anilines is 3. The van der Waals surface area contributed by atoms with Crippen LogP contribution in [0.2, 0.25) is 0 Å². The van der Waals surface area contributed by atoms with E-state index in [1.165, 1.54) is 24.1 Å². The van der Waals surface area contributed by atoms with Gasteiger partial charge in [-0.2, -0.15) is 0 Å². The third kappa shape index (κ3) is 3.70. The molecule has 5 heteroatoms. The molecular weight excluding hydrogens is 310 g/mol. The van der Waals surface area contributed by atoms with Gasteiger partial charge in [0.2, 0.25) is 0 Å². The van der Waals surface area contributed by atoms with Crippen molar-refractivity contribution in [3.05, 3.63) is 42.2 Å². The molecule has 0 aliphatic carbocycles. The number of benzene rings is 1. The predicted octanol–water partition coefficient (Wildman–Crippen LogP) is 3.10. The molecule has 0 spiro atoms. The fraction of sp³-hybridized carbons (Fsp3) is 0.500. The molecule has 1 aromatic heterocycles. The van der Waals surface area contributed by atoms with Crippen LogP contribution in [0.4, 0.5) is 17.3 Å². The summed E-state index contributed by atoms with van der Waals surface area (Å²) >= 11 is 0. The highest BCUT2D eigenvalue weighted by Crippen LogP contribution is 2.23. The monoisotopic (exact) mass is 337 g/mol. The fourth-order valence-corrected chi connectivity index (χ4v) is 3.79. The fourth-order valence-electron chi connectivity index (χ4n) is 3.79. The second-order valence-electron chi connectivity index (χ2n) is 7.09. The Bertz CT molecular complexity index is 693. The van der Waals surface area contributed by atoms with Crippen LogP contribution in [0.5, 0.6) is 0 Å². The summed E-state index contributed by atoms with van der Waals surface area (Å²) < 4.78 is 0. The van der Waals surface area contributed by atoms with E-state index in [9.17, 15) is 0 Å². The molecule has 1 aromatic carbocycles. The largest absolute Gasteiger partial charge is 0.370 e. The number of aromatic nitrogens is 2. The number of hydrogen-bond donors (Lipinski definition) is 0. The summed E-state index contributed by atoms with van der Waals surface area (Å²) in [6.45, 7) is 8.58. The molecule has 2 fully saturated rings. The highest BCUT2D eigenvalue weighted by Gasteiger charge is 2.19. The first-order valence-corrected chi connectivity index (χ1v) is 9.43. The SMILES string of the molecule is Cc1ccc(N2CCCN(c3cc(N4CCCC4)ncn3)CC2)cc1. The van der Waals surface area contributed by atoms with E-state index in [1.807, 2.05) is 0 Å². The van der Waals surface area contributed by atoms with Crippen molar-refractivity contribution in [3.8, 4) is 0 Å². The van der Waals surface area contributed by atoms with Gasteiger partial charge in [-0.05, 0) is 38.3 Å². The Hall–Kier alpha value is -2.30. The zero-order valence-corrected chi connectivity index (χ0v) is 15.1. The van der Waals surface area contributed by atoms with Crippen molar-refractivity contribution in [1.29, 1.82) is 0 Å². The molecule has 25 heavy (non-hydrogen) atoms. The molecule has 5 nitrogen and oxygen atoms in total. The highest BCUT2D eigenvalue weighted by atomic mass is 15.3. The van der Waals surface area contributed by atoms with E-state index in [1.54, 1.807) is 6.33 Å². The third-order valence-electron chi connectivity index (χ3n) is 5.29. The summed E-state index contributed by atoms with van der Waals surface area (Å²) in [5.74, 6) is 2.16. The minimum absolute atomic E-state index is 1.00. The summed E-state index contributed by atoms with van der Waals surface area (Å²) in [6, 6.07) is 11.0. The average molecular weight is 337 g/mol. The van der Waals surface area contributed by atoms with Gasteiger partial charge in [0.25, 0.3) is 0 Å². The summed E-state index contributed by atoms with van der Waals surface area (Å²) in [7, 11) is 0. The molecule has 2 aliphatic heterocycles. The maximum Gasteiger partial charge on any atom is 0.134 e. The second kappa shape index (κ2) is 7.30. The van der Waals surface area contributed by atoms with Crippen molar-refractivity contribution in [2.75, 3.05) is 54.0 Å². The third-order valence-corrected chi connectivity index (χ3v) is 5.29. The zero-order chi connectivity index (χ0) is 17.1. The maximum atomic E-state index is 4.56. The van der Waals surface area contributed by atoms with Gasteiger partial charge in [0.1, 0.15) is 18.0 Å². The van der Waals surface area contributed by atoms with Crippen LogP contribution in [0.1, 0.15) is 24.8 Å². The van der Waals surface area contributed by atoms with Gasteiger partial charge in [0.15, 0.2) is 0 Å². The topological polar surface area (TPSA) is 35.5 Å². The lowest BCUT2D eigenvalue weighted by Crippen LogP contribution is -2.31. The lowest BCUT2D eigenvalue weighted by atomic mass is 10.2. The van der Waals surface area contributed by atoms with Gasteiger partial charge >= 0.3 is 0 Å². The number of aryl methyl sites for hydroxylation is 1. The van der Waals surface area contributed by atoms with E-state index in [2.05, 4.69) is 61.9 Å². The molecule has 0 bridgehead atoms. The van der Waals surface area contributed by atoms with Crippen LogP contribution in [0.3, 0.4) is 0 Å². The van der Waals surface area contributed by atoms with E-state index in [-0.39, 0.29) is 0 Å². The Morgan fingerprint density at radius 3 is 1.96 bits per heavy atom. The van der Waals surface area contributed by atoms with E-state index >= 15 is 0 Å². The Balaban J connectivity index is 1.45. The standard InChI is InChI=1S/C20H27N5/c1-17-5-7-18(8-6-17)23-11-4-12-25(14-13-23)20-15-19(21-16-22-20)24-9-2-3-10-24/h5-8,15-16H,2-4,9-14H2,1H3. The number of hydrogen-bond acceptors (Lipinski definition) is 5. The van der Waals surface area contributed by atoms with Crippen LogP contribution in [-0.4, -0.2) is 49.2 Å². The molecule has 132 valence electrons. The summed E-state index contributed by atoms with van der Waals surface area (Å²) in [6.07, 6.45) is 5.42. The first-order valence-electron chi connectivity index (χ1n) is 9.43. The predicted molar refractivity (Wildman–Crippen MR) is 104 cm³/mol. The van der Waals surface area contributed by atoms with Gasteiger partial charge in [0, 0.05) is 51.0 Å². The Kier molecular flexibility index (Phi) is 4.72. The molecule has 2 aliphatic rings. The highest BCUT2D eigenvalue weighted by molar-refractivity contribution is 5.52. The number of nitrogens with zero attached hydrogens (tertiary/aromatic N) is 5. The molecule has 0 amide bonds. The Morgan fingerprint density at radius 2 is 1.24 bits per heavy atom. The van der Waals surface area contributed by atoms with Crippen molar-refractivity contribution in [1.82, 2.24) is 9.97 Å². The van der Waals surface area contributed by atoms with Crippen LogP contribution in [0, 0.1) is 6.92 Å². The smallest absolute Gasteiger partial charge is 0.134 e. The number of rotatable bonds is 3. The van der Waals surface area contributed by atoms with Gasteiger partial charge in [-0.3, -0.25) is 0 Å². The van der Waals surface area contributed by atoms with Crippen molar-refractivity contribution >= 4 is 17.3 Å². The molecule has 2 aromatic rings. The van der Waals surface area contributed by atoms with Crippen molar-refractivity contribution in [2.45, 2.75) is 26.2 Å². The van der Waals surface area contributed by atoms with Crippen LogP contribution < -0.4 is 14.7 Å². The van der Waals surface area contributed by atoms with E-state index in [4.69, 9.17) is 0 Å². The summed E-state index contributed by atoms with van der Waals surface area (Å²) in [5, 5.41) is 0. The summed E-state index contributed by atoms with van der Waals surface area (Å²) in [4.78, 5) is 16.3. The van der Waals surface area contributed by atoms with E-state index in [0.717, 1.165) is 57.3 Å². The van der Waals surface area contributed by atoms with E-state index < -0.39 is 0 Å². The molecule has 0 N–H and O–H groups in total. The van der Waals surface area contributed by atoms with Crippen LogP contribution in [-0.2, 0) is 0 Å². The van der Waals surface area contributed by atoms with Gasteiger partial charge in [-0.25, -0.2) is 9.97 Å². The molecule has 0 saturated carbocycles. The first-order chi connectivity index (χ1) is 12.3. The van der Waals surface area contributed by atoms with Crippen molar-refractivity contribution < 1.29 is 0 Å². The molecule has 4 rings (SSSR count). The quantitative estimate of drug-likeness (QED) is 0.860. The average Bonchev–Trinajstić information content (AvgIpc) is 3.08. The molecule has 0 unspecified atom stereocenters. The minimum Gasteiger partial charge on any atom is -0.370 e. The molecule has 3 heterocycles. The molecule has 2 saturated heterocycles. The zero-order valence-electron chi connectivity index (χ0n) is 15.1. The van der Waals surface area contributed by atoms with Gasteiger partial charge in [-0.15, -0.1) is 0 Å². The van der Waals surface area contributed by atoms with Crippen LogP contribution >= 0.6 is 0 Å².